The van der Waals surface area contributed by atoms with Gasteiger partial charge in [0.2, 0.25) is 0 Å². The van der Waals surface area contributed by atoms with E-state index in [-0.39, 0.29) is 0 Å². The first-order valence-corrected chi connectivity index (χ1v) is 15.2. The summed E-state index contributed by atoms with van der Waals surface area (Å²) in [6.07, 6.45) is 0. The maximum absolute atomic E-state index is 6.73. The van der Waals surface area contributed by atoms with Crippen molar-refractivity contribution in [3.8, 4) is 22.3 Å². The Kier molecular flexibility index (Phi) is 4.10. The van der Waals surface area contributed by atoms with E-state index in [9.17, 15) is 0 Å². The molecule has 0 N–H and O–H groups in total. The van der Waals surface area contributed by atoms with Gasteiger partial charge in [-0.15, -0.1) is 0 Å². The fourth-order valence-corrected chi connectivity index (χ4v) is 7.98. The molecular formula is C42H23NO. The zero-order valence-corrected chi connectivity index (χ0v) is 23.6. The number of hydrogen-bond acceptors (Lipinski definition) is 1. The molecule has 2 nitrogen and oxygen atoms in total. The summed E-state index contributed by atoms with van der Waals surface area (Å²) >= 11 is 0. The first-order valence-electron chi connectivity index (χ1n) is 15.2. The number of aromatic nitrogens is 1. The highest BCUT2D eigenvalue weighted by Crippen LogP contribution is 2.46. The third kappa shape index (κ3) is 2.76. The minimum Gasteiger partial charge on any atom is -0.456 e. The molecule has 0 bridgehead atoms. The minimum absolute atomic E-state index is 0.938. The van der Waals surface area contributed by atoms with E-state index in [2.05, 4.69) is 144 Å². The summed E-state index contributed by atoms with van der Waals surface area (Å²) in [6.45, 7) is 0. The quantitative estimate of drug-likeness (QED) is 0.193. The van der Waals surface area contributed by atoms with Crippen molar-refractivity contribution in [2.24, 2.45) is 0 Å². The summed E-state index contributed by atoms with van der Waals surface area (Å²) in [5.74, 6) is 0. The highest BCUT2D eigenvalue weighted by molar-refractivity contribution is 6.34. The number of rotatable bonds is 2. The maximum atomic E-state index is 6.73. The molecule has 0 spiro atoms. The van der Waals surface area contributed by atoms with Crippen LogP contribution in [0, 0.1) is 0 Å². The molecule has 2 heteroatoms. The summed E-state index contributed by atoms with van der Waals surface area (Å²) in [5.41, 5.74) is 10.4. The van der Waals surface area contributed by atoms with Crippen LogP contribution < -0.4 is 0 Å². The van der Waals surface area contributed by atoms with Gasteiger partial charge in [-0.2, -0.15) is 0 Å². The Hall–Kier alpha value is -5.86. The van der Waals surface area contributed by atoms with E-state index >= 15 is 0 Å². The Morgan fingerprint density at radius 1 is 0.341 bits per heavy atom. The van der Waals surface area contributed by atoms with Crippen molar-refractivity contribution in [2.45, 2.75) is 0 Å². The molecule has 0 radical (unpaired) electrons. The van der Waals surface area contributed by atoms with Crippen molar-refractivity contribution in [3.63, 3.8) is 0 Å². The molecule has 0 amide bonds. The lowest BCUT2D eigenvalue weighted by atomic mass is 9.90. The largest absolute Gasteiger partial charge is 0.456 e. The van der Waals surface area contributed by atoms with Gasteiger partial charge >= 0.3 is 0 Å². The topological polar surface area (TPSA) is 17.6 Å². The molecular weight excluding hydrogens is 534 g/mol. The molecule has 0 unspecified atom stereocenters. The average Bonchev–Trinajstić information content (AvgIpc) is 3.74. The summed E-state index contributed by atoms with van der Waals surface area (Å²) in [7, 11) is 0. The molecule has 0 aliphatic rings. The van der Waals surface area contributed by atoms with Crippen molar-refractivity contribution in [3.05, 3.63) is 140 Å². The Morgan fingerprint density at radius 3 is 1.61 bits per heavy atom. The standard InChI is InChI=1S/C42H23NO/c1-2-9-24(10-3-1)26-20-34-28-11-4-5-12-29(28)35-21-27(23-39-41(35)40(34)38(22-26)44-39)25-17-18-37-33(19-25)32-15-8-14-31-30-13-6-7-16-36(30)43(37)42(31)32/h1-23H. The normalized spacial score (nSPS) is 12.5. The summed E-state index contributed by atoms with van der Waals surface area (Å²) in [5, 5.41) is 12.6. The second-order valence-electron chi connectivity index (χ2n) is 12.1. The van der Waals surface area contributed by atoms with Gasteiger partial charge in [0, 0.05) is 32.3 Å². The van der Waals surface area contributed by atoms with Gasteiger partial charge in [-0.05, 0) is 86.3 Å². The van der Waals surface area contributed by atoms with Gasteiger partial charge in [-0.25, -0.2) is 0 Å². The van der Waals surface area contributed by atoms with E-state index in [4.69, 9.17) is 4.42 Å². The van der Waals surface area contributed by atoms with Gasteiger partial charge < -0.3 is 8.82 Å². The number of para-hydroxylation sites is 2. The molecule has 0 saturated heterocycles. The molecule has 8 aromatic carbocycles. The van der Waals surface area contributed by atoms with Crippen LogP contribution in [0.3, 0.4) is 0 Å². The molecule has 11 rings (SSSR count). The third-order valence-electron chi connectivity index (χ3n) is 9.84. The predicted octanol–water partition coefficient (Wildman–Crippen LogP) is 11.8. The Bertz CT molecular complexity index is 2920. The Morgan fingerprint density at radius 2 is 0.886 bits per heavy atom. The van der Waals surface area contributed by atoms with E-state index in [1.54, 1.807) is 0 Å². The van der Waals surface area contributed by atoms with Crippen molar-refractivity contribution >= 4 is 81.6 Å². The first kappa shape index (κ1) is 22.7. The lowest BCUT2D eigenvalue weighted by molar-refractivity contribution is 0.669. The molecule has 0 saturated carbocycles. The van der Waals surface area contributed by atoms with Gasteiger partial charge in [-0.3, -0.25) is 0 Å². The Balaban J connectivity index is 1.22. The molecule has 0 fully saturated rings. The molecule has 0 aliphatic carbocycles. The van der Waals surface area contributed by atoms with Crippen molar-refractivity contribution in [1.29, 1.82) is 0 Å². The third-order valence-corrected chi connectivity index (χ3v) is 9.84. The van der Waals surface area contributed by atoms with Crippen LogP contribution in [0.5, 0.6) is 0 Å². The summed E-state index contributed by atoms with van der Waals surface area (Å²) < 4.78 is 9.17. The number of furan rings is 1. The number of nitrogens with zero attached hydrogens (tertiary/aromatic N) is 1. The van der Waals surface area contributed by atoms with Crippen molar-refractivity contribution in [1.82, 2.24) is 4.40 Å². The molecule has 11 aromatic rings. The van der Waals surface area contributed by atoms with E-state index in [0.29, 0.717) is 0 Å². The maximum Gasteiger partial charge on any atom is 0.136 e. The van der Waals surface area contributed by atoms with Gasteiger partial charge in [0.15, 0.2) is 0 Å². The first-order chi connectivity index (χ1) is 21.8. The van der Waals surface area contributed by atoms with Crippen molar-refractivity contribution < 1.29 is 4.42 Å². The van der Waals surface area contributed by atoms with Crippen molar-refractivity contribution in [2.75, 3.05) is 0 Å². The SMILES string of the molecule is c1ccc(-c2cc3oc4cc(-c5ccc6c(c5)c5cccc7c8ccccc8n6c75)cc5c6ccccc6c(c2)c3c45)cc1. The van der Waals surface area contributed by atoms with E-state index in [0.717, 1.165) is 11.2 Å². The minimum atomic E-state index is 0.938. The molecule has 3 aromatic heterocycles. The molecule has 44 heavy (non-hydrogen) atoms. The van der Waals surface area contributed by atoms with E-state index < -0.39 is 0 Å². The number of benzene rings is 8. The predicted molar refractivity (Wildman–Crippen MR) is 185 cm³/mol. The van der Waals surface area contributed by atoms with Crippen LogP contribution in [-0.4, -0.2) is 4.40 Å². The van der Waals surface area contributed by atoms with Crippen LogP contribution in [0.25, 0.3) is 104 Å². The Labute approximate surface area is 251 Å². The zero-order chi connectivity index (χ0) is 28.5. The smallest absolute Gasteiger partial charge is 0.136 e. The van der Waals surface area contributed by atoms with Crippen LogP contribution in [0.2, 0.25) is 0 Å². The molecule has 0 aliphatic heterocycles. The highest BCUT2D eigenvalue weighted by Gasteiger charge is 2.21. The van der Waals surface area contributed by atoms with E-state index in [1.165, 1.54) is 92.7 Å². The number of fused-ring (bicyclic) bond motifs is 9. The zero-order valence-electron chi connectivity index (χ0n) is 23.6. The van der Waals surface area contributed by atoms with Crippen LogP contribution in [-0.2, 0) is 0 Å². The van der Waals surface area contributed by atoms with Gasteiger partial charge in [0.1, 0.15) is 11.2 Å². The molecule has 202 valence electrons. The monoisotopic (exact) mass is 557 g/mol. The lowest BCUT2D eigenvalue weighted by Gasteiger charge is -2.11. The van der Waals surface area contributed by atoms with Gasteiger partial charge in [-0.1, -0.05) is 97.1 Å². The fourth-order valence-electron chi connectivity index (χ4n) is 7.98. The highest BCUT2D eigenvalue weighted by atomic mass is 16.3. The van der Waals surface area contributed by atoms with Crippen LogP contribution in [0.15, 0.2) is 144 Å². The van der Waals surface area contributed by atoms with Crippen LogP contribution >= 0.6 is 0 Å². The summed E-state index contributed by atoms with van der Waals surface area (Å²) in [6, 6.07) is 50.9. The lowest BCUT2D eigenvalue weighted by Crippen LogP contribution is -1.86. The van der Waals surface area contributed by atoms with Crippen LogP contribution in [0.1, 0.15) is 0 Å². The fraction of sp³-hybridized carbons (Fsp3) is 0. The molecule has 3 heterocycles. The van der Waals surface area contributed by atoms with Gasteiger partial charge in [0.25, 0.3) is 0 Å². The summed E-state index contributed by atoms with van der Waals surface area (Å²) in [4.78, 5) is 0. The second kappa shape index (κ2) is 7.94. The van der Waals surface area contributed by atoms with Crippen LogP contribution in [0.4, 0.5) is 0 Å². The average molecular weight is 558 g/mol. The van der Waals surface area contributed by atoms with Gasteiger partial charge in [0.05, 0.1) is 16.6 Å². The second-order valence-corrected chi connectivity index (χ2v) is 12.1. The number of hydrogen-bond donors (Lipinski definition) is 0. The molecule has 0 atom stereocenters. The van der Waals surface area contributed by atoms with E-state index in [1.807, 2.05) is 0 Å².